The van der Waals surface area contributed by atoms with E-state index in [0.717, 1.165) is 12.8 Å². The Morgan fingerprint density at radius 2 is 1.94 bits per heavy atom. The van der Waals surface area contributed by atoms with E-state index in [2.05, 4.69) is 6.92 Å². The number of rotatable bonds is 7. The highest BCUT2D eigenvalue weighted by molar-refractivity contribution is 7.14. The van der Waals surface area contributed by atoms with E-state index in [1.165, 1.54) is 26.7 Å². The normalized spacial score (nSPS) is 10.7. The van der Waals surface area contributed by atoms with Gasteiger partial charge in [0.05, 0.1) is 18.1 Å². The lowest BCUT2D eigenvalue weighted by Crippen LogP contribution is -2.35. The predicted octanol–water partition coefficient (Wildman–Crippen LogP) is 1.44. The van der Waals surface area contributed by atoms with Gasteiger partial charge in [0.2, 0.25) is 0 Å². The smallest absolute Gasteiger partial charge is 0.264 e. The number of carbonyl (C=O) groups is 1. The van der Waals surface area contributed by atoms with Crippen LogP contribution in [-0.4, -0.2) is 47.3 Å². The van der Waals surface area contributed by atoms with E-state index in [4.69, 9.17) is 10.2 Å². The standard InChI is InChI=1S/C13H21NO3S/c1-3-4-11-9-12(18-10(11)2)13(17)14(5-7-15)6-8-16/h9,15-16H,3-8H2,1-2H3. The summed E-state index contributed by atoms with van der Waals surface area (Å²) >= 11 is 1.49. The first-order chi connectivity index (χ1) is 8.63. The third-order valence-electron chi connectivity index (χ3n) is 2.78. The maximum Gasteiger partial charge on any atom is 0.264 e. The summed E-state index contributed by atoms with van der Waals surface area (Å²) in [5, 5.41) is 17.9. The van der Waals surface area contributed by atoms with E-state index < -0.39 is 0 Å². The fraction of sp³-hybridized carbons (Fsp3) is 0.615. The average molecular weight is 271 g/mol. The molecule has 5 heteroatoms. The molecule has 0 aliphatic rings. The average Bonchev–Trinajstić information content (AvgIpc) is 2.70. The molecule has 0 aliphatic heterocycles. The van der Waals surface area contributed by atoms with Crippen LogP contribution in [0.1, 0.15) is 33.5 Å². The Balaban J connectivity index is 2.83. The first-order valence-electron chi connectivity index (χ1n) is 6.24. The molecule has 0 bridgehead atoms. The largest absolute Gasteiger partial charge is 0.395 e. The van der Waals surface area contributed by atoms with E-state index in [1.54, 1.807) is 0 Å². The molecule has 0 aliphatic carbocycles. The monoisotopic (exact) mass is 271 g/mol. The molecule has 4 nitrogen and oxygen atoms in total. The number of hydrogen-bond acceptors (Lipinski definition) is 4. The lowest BCUT2D eigenvalue weighted by Gasteiger charge is -2.19. The van der Waals surface area contributed by atoms with E-state index in [-0.39, 0.29) is 32.2 Å². The molecule has 1 aromatic rings. The van der Waals surface area contributed by atoms with E-state index in [9.17, 15) is 4.79 Å². The Kier molecular flexibility index (Phi) is 6.32. The molecule has 0 spiro atoms. The van der Waals surface area contributed by atoms with E-state index in [0.29, 0.717) is 4.88 Å². The van der Waals surface area contributed by atoms with Gasteiger partial charge in [-0.15, -0.1) is 11.3 Å². The summed E-state index contributed by atoms with van der Waals surface area (Å²) < 4.78 is 0. The first-order valence-corrected chi connectivity index (χ1v) is 7.06. The van der Waals surface area contributed by atoms with Crippen molar-refractivity contribution in [2.75, 3.05) is 26.3 Å². The van der Waals surface area contributed by atoms with Crippen molar-refractivity contribution in [3.05, 3.63) is 21.4 Å². The maximum absolute atomic E-state index is 12.2. The lowest BCUT2D eigenvalue weighted by atomic mass is 10.1. The van der Waals surface area contributed by atoms with Gasteiger partial charge in [0.25, 0.3) is 5.91 Å². The number of aryl methyl sites for hydroxylation is 2. The highest BCUT2D eigenvalue weighted by atomic mass is 32.1. The summed E-state index contributed by atoms with van der Waals surface area (Å²) in [6.07, 6.45) is 2.04. The second kappa shape index (κ2) is 7.51. The topological polar surface area (TPSA) is 60.8 Å². The van der Waals surface area contributed by atoms with Crippen molar-refractivity contribution in [1.82, 2.24) is 4.90 Å². The van der Waals surface area contributed by atoms with Crippen LogP contribution in [0.2, 0.25) is 0 Å². The van der Waals surface area contributed by atoms with Crippen molar-refractivity contribution >= 4 is 17.2 Å². The molecular weight excluding hydrogens is 250 g/mol. The molecule has 18 heavy (non-hydrogen) atoms. The van der Waals surface area contributed by atoms with Gasteiger partial charge >= 0.3 is 0 Å². The van der Waals surface area contributed by atoms with Crippen LogP contribution in [0.15, 0.2) is 6.07 Å². The quantitative estimate of drug-likeness (QED) is 0.789. The third-order valence-corrected chi connectivity index (χ3v) is 3.86. The van der Waals surface area contributed by atoms with Gasteiger partial charge < -0.3 is 15.1 Å². The molecule has 0 unspecified atom stereocenters. The molecular formula is C13H21NO3S. The van der Waals surface area contributed by atoms with Crippen molar-refractivity contribution in [1.29, 1.82) is 0 Å². The molecule has 0 aromatic carbocycles. The zero-order valence-electron chi connectivity index (χ0n) is 11.0. The molecule has 102 valence electrons. The molecule has 1 aromatic heterocycles. The van der Waals surface area contributed by atoms with Crippen LogP contribution in [0.5, 0.6) is 0 Å². The zero-order valence-corrected chi connectivity index (χ0v) is 11.8. The number of hydrogen-bond donors (Lipinski definition) is 2. The number of aliphatic hydroxyl groups is 2. The molecule has 1 heterocycles. The number of nitrogens with zero attached hydrogens (tertiary/aromatic N) is 1. The van der Waals surface area contributed by atoms with Gasteiger partial charge in [-0.25, -0.2) is 0 Å². The Morgan fingerprint density at radius 1 is 1.33 bits per heavy atom. The number of thiophene rings is 1. The number of carbonyl (C=O) groups excluding carboxylic acids is 1. The van der Waals surface area contributed by atoms with Gasteiger partial charge in [-0.05, 0) is 25.0 Å². The SMILES string of the molecule is CCCc1cc(C(=O)N(CCO)CCO)sc1C. The van der Waals surface area contributed by atoms with Crippen LogP contribution >= 0.6 is 11.3 Å². The molecule has 0 fully saturated rings. The Bertz CT molecular complexity index is 384. The second-order valence-corrected chi connectivity index (χ2v) is 5.44. The van der Waals surface area contributed by atoms with Crippen molar-refractivity contribution in [2.45, 2.75) is 26.7 Å². The molecule has 0 atom stereocenters. The Labute approximate surface area is 112 Å². The summed E-state index contributed by atoms with van der Waals surface area (Å²) in [5.74, 6) is -0.103. The van der Waals surface area contributed by atoms with Crippen LogP contribution in [-0.2, 0) is 6.42 Å². The first kappa shape index (κ1) is 15.1. The van der Waals surface area contributed by atoms with Crippen LogP contribution in [0.3, 0.4) is 0 Å². The Morgan fingerprint density at radius 3 is 2.44 bits per heavy atom. The summed E-state index contributed by atoms with van der Waals surface area (Å²) in [6, 6.07) is 1.94. The van der Waals surface area contributed by atoms with Gasteiger partial charge in [-0.3, -0.25) is 4.79 Å². The van der Waals surface area contributed by atoms with Crippen LogP contribution < -0.4 is 0 Å². The maximum atomic E-state index is 12.2. The van der Waals surface area contributed by atoms with Crippen LogP contribution in [0.25, 0.3) is 0 Å². The minimum absolute atomic E-state index is 0.0854. The third kappa shape index (κ3) is 3.80. The second-order valence-electron chi connectivity index (χ2n) is 4.18. The van der Waals surface area contributed by atoms with Gasteiger partial charge in [-0.2, -0.15) is 0 Å². The minimum atomic E-state index is -0.103. The van der Waals surface area contributed by atoms with Crippen LogP contribution in [0.4, 0.5) is 0 Å². The fourth-order valence-electron chi connectivity index (χ4n) is 1.85. The van der Waals surface area contributed by atoms with Crippen molar-refractivity contribution in [2.24, 2.45) is 0 Å². The number of amides is 1. The summed E-state index contributed by atoms with van der Waals surface area (Å²) in [7, 11) is 0. The van der Waals surface area contributed by atoms with Crippen LogP contribution in [0, 0.1) is 6.92 Å². The van der Waals surface area contributed by atoms with E-state index in [1.807, 2.05) is 13.0 Å². The molecule has 2 N–H and O–H groups in total. The molecule has 0 saturated carbocycles. The fourth-order valence-corrected chi connectivity index (χ4v) is 2.89. The summed E-state index contributed by atoms with van der Waals surface area (Å²) in [6.45, 7) is 4.49. The van der Waals surface area contributed by atoms with Crippen molar-refractivity contribution in [3.63, 3.8) is 0 Å². The van der Waals surface area contributed by atoms with Gasteiger partial charge in [-0.1, -0.05) is 13.3 Å². The number of aliphatic hydroxyl groups excluding tert-OH is 2. The molecule has 1 amide bonds. The molecule has 0 radical (unpaired) electrons. The van der Waals surface area contributed by atoms with Crippen molar-refractivity contribution < 1.29 is 15.0 Å². The molecule has 1 rings (SSSR count). The summed E-state index contributed by atoms with van der Waals surface area (Å²) in [4.78, 5) is 15.6. The minimum Gasteiger partial charge on any atom is -0.395 e. The summed E-state index contributed by atoms with van der Waals surface area (Å²) in [5.41, 5.74) is 1.22. The van der Waals surface area contributed by atoms with Gasteiger partial charge in [0, 0.05) is 18.0 Å². The highest BCUT2D eigenvalue weighted by Crippen LogP contribution is 2.24. The molecule has 0 saturated heterocycles. The van der Waals surface area contributed by atoms with Gasteiger partial charge in [0.1, 0.15) is 0 Å². The van der Waals surface area contributed by atoms with E-state index >= 15 is 0 Å². The zero-order chi connectivity index (χ0) is 13.5. The Hall–Kier alpha value is -0.910. The highest BCUT2D eigenvalue weighted by Gasteiger charge is 2.18. The lowest BCUT2D eigenvalue weighted by molar-refractivity contribution is 0.0689. The predicted molar refractivity (Wildman–Crippen MR) is 73.1 cm³/mol. The van der Waals surface area contributed by atoms with Gasteiger partial charge in [0.15, 0.2) is 0 Å². The van der Waals surface area contributed by atoms with Crippen molar-refractivity contribution in [3.8, 4) is 0 Å².